The molecule has 2 saturated carbocycles. The second-order valence-corrected chi connectivity index (χ2v) is 9.05. The van der Waals surface area contributed by atoms with Crippen molar-refractivity contribution < 1.29 is 0 Å². The third-order valence-electron chi connectivity index (χ3n) is 3.34. The topological polar surface area (TPSA) is 0 Å². The van der Waals surface area contributed by atoms with Crippen LogP contribution in [0.25, 0.3) is 0 Å². The van der Waals surface area contributed by atoms with Crippen molar-refractivity contribution in [2.24, 2.45) is 0 Å². The number of rotatable bonds is 2. The van der Waals surface area contributed by atoms with E-state index in [0.717, 1.165) is 0 Å². The Balaban J connectivity index is 1.71. The van der Waals surface area contributed by atoms with Crippen LogP contribution in [-0.2, 0) is 0 Å². The van der Waals surface area contributed by atoms with Gasteiger partial charge in [0, 0.05) is 0 Å². The standard InChI is InChI=1S/2C5H9.Ga/c2*1-2-4-5-3-1;/h2*1H,2-5H2;. The fraction of sp³-hybridized carbons (Fsp3) is 1.00. The van der Waals surface area contributed by atoms with Gasteiger partial charge >= 0.3 is 77.7 Å². The van der Waals surface area contributed by atoms with E-state index < -0.39 is 0 Å². The van der Waals surface area contributed by atoms with Gasteiger partial charge in [-0.15, -0.1) is 0 Å². The summed E-state index contributed by atoms with van der Waals surface area (Å²) in [7, 11) is 0. The van der Waals surface area contributed by atoms with Gasteiger partial charge in [-0.25, -0.2) is 0 Å². The molecule has 0 unspecified atom stereocenters. The monoisotopic (exact) mass is 207 g/mol. The van der Waals surface area contributed by atoms with Crippen LogP contribution >= 0.6 is 0 Å². The van der Waals surface area contributed by atoms with E-state index in [1.54, 1.807) is 51.4 Å². The first kappa shape index (κ1) is 8.24. The van der Waals surface area contributed by atoms with Gasteiger partial charge in [0.2, 0.25) is 0 Å². The molecule has 0 saturated heterocycles. The Hall–Kier alpha value is 0.636. The molecular weight excluding hydrogens is 190 g/mol. The zero-order valence-corrected chi connectivity index (χ0v) is 9.81. The number of hydrogen-bond donors (Lipinski definition) is 0. The number of hydrogen-bond acceptors (Lipinski definition) is 0. The first-order chi connectivity index (χ1) is 5.45. The zero-order chi connectivity index (χ0) is 7.52. The molecule has 0 spiro atoms. The summed E-state index contributed by atoms with van der Waals surface area (Å²) in [5, 5.41) is 0. The predicted molar refractivity (Wildman–Crippen MR) is 50.2 cm³/mol. The van der Waals surface area contributed by atoms with Crippen LogP contribution in [0.2, 0.25) is 8.94 Å². The van der Waals surface area contributed by atoms with Gasteiger partial charge in [-0.3, -0.25) is 0 Å². The molecule has 0 aliphatic heterocycles. The van der Waals surface area contributed by atoms with Crippen molar-refractivity contribution in [2.45, 2.75) is 60.3 Å². The maximum atomic E-state index is 1.62. The Labute approximate surface area is 77.9 Å². The van der Waals surface area contributed by atoms with Crippen LogP contribution in [0.15, 0.2) is 0 Å². The Bertz CT molecular complexity index is 96.0. The first-order valence-corrected chi connectivity index (χ1v) is 8.10. The SMILES string of the molecule is C1CC[CH]([Ga][CH]2CCCC2)C1. The van der Waals surface area contributed by atoms with Crippen molar-refractivity contribution in [3.63, 3.8) is 0 Å². The van der Waals surface area contributed by atoms with Crippen molar-refractivity contribution in [3.05, 3.63) is 0 Å². The molecule has 1 radical (unpaired) electrons. The molecule has 0 N–H and O–H groups in total. The van der Waals surface area contributed by atoms with Gasteiger partial charge in [-0.2, -0.15) is 0 Å². The maximum absolute atomic E-state index is 1.62. The third kappa shape index (κ3) is 2.28. The van der Waals surface area contributed by atoms with E-state index in [1.165, 1.54) is 8.94 Å². The van der Waals surface area contributed by atoms with Crippen molar-refractivity contribution in [3.8, 4) is 0 Å². The minimum absolute atomic E-state index is 0.212. The van der Waals surface area contributed by atoms with Crippen LogP contribution in [0.4, 0.5) is 0 Å². The summed E-state index contributed by atoms with van der Waals surface area (Å²) in [4.78, 5) is 0. The first-order valence-electron chi connectivity index (χ1n) is 5.30. The Morgan fingerprint density at radius 2 is 1.00 bits per heavy atom. The van der Waals surface area contributed by atoms with Crippen LogP contribution in [0.5, 0.6) is 0 Å². The quantitative estimate of drug-likeness (QED) is 0.610. The average molecular weight is 208 g/mol. The van der Waals surface area contributed by atoms with Crippen LogP contribution in [-0.4, -0.2) is 17.4 Å². The van der Waals surface area contributed by atoms with Crippen LogP contribution in [0, 0.1) is 0 Å². The van der Waals surface area contributed by atoms with Gasteiger partial charge in [0.05, 0.1) is 0 Å². The molecule has 1 heteroatoms. The third-order valence-corrected chi connectivity index (χ3v) is 8.43. The molecule has 0 heterocycles. The predicted octanol–water partition coefficient (Wildman–Crippen LogP) is 3.42. The molecule has 2 aliphatic carbocycles. The van der Waals surface area contributed by atoms with E-state index >= 15 is 0 Å². The summed E-state index contributed by atoms with van der Waals surface area (Å²) >= 11 is 0.212. The fourth-order valence-corrected chi connectivity index (χ4v) is 7.89. The van der Waals surface area contributed by atoms with Crippen LogP contribution in [0.1, 0.15) is 51.4 Å². The van der Waals surface area contributed by atoms with Crippen LogP contribution < -0.4 is 0 Å². The molecule has 0 atom stereocenters. The molecule has 11 heavy (non-hydrogen) atoms. The Morgan fingerprint density at radius 1 is 0.636 bits per heavy atom. The second-order valence-electron chi connectivity index (χ2n) is 4.28. The summed E-state index contributed by atoms with van der Waals surface area (Å²) in [6.45, 7) is 0. The van der Waals surface area contributed by atoms with E-state index in [4.69, 9.17) is 0 Å². The van der Waals surface area contributed by atoms with Gasteiger partial charge in [0.1, 0.15) is 0 Å². The fourth-order valence-electron chi connectivity index (χ4n) is 2.68. The van der Waals surface area contributed by atoms with E-state index in [-0.39, 0.29) is 17.4 Å². The van der Waals surface area contributed by atoms with Crippen LogP contribution in [0.3, 0.4) is 0 Å². The average Bonchev–Trinajstić information content (AvgIpc) is 2.60. The molecule has 0 nitrogen and oxygen atoms in total. The molecule has 0 aromatic rings. The van der Waals surface area contributed by atoms with E-state index in [1.807, 2.05) is 0 Å². The summed E-state index contributed by atoms with van der Waals surface area (Å²) in [5.74, 6) is 0. The van der Waals surface area contributed by atoms with E-state index in [2.05, 4.69) is 0 Å². The second kappa shape index (κ2) is 4.04. The van der Waals surface area contributed by atoms with Crippen molar-refractivity contribution in [2.75, 3.05) is 0 Å². The van der Waals surface area contributed by atoms with E-state index in [9.17, 15) is 0 Å². The molecule has 61 valence electrons. The van der Waals surface area contributed by atoms with E-state index in [0.29, 0.717) is 0 Å². The summed E-state index contributed by atoms with van der Waals surface area (Å²) in [6.07, 6.45) is 12.7. The van der Waals surface area contributed by atoms with Crippen molar-refractivity contribution in [1.82, 2.24) is 0 Å². The van der Waals surface area contributed by atoms with Gasteiger partial charge in [-0.1, -0.05) is 0 Å². The summed E-state index contributed by atoms with van der Waals surface area (Å²) in [5.41, 5.74) is 0. The minimum atomic E-state index is 0.212. The molecule has 2 aliphatic rings. The van der Waals surface area contributed by atoms with Crippen molar-refractivity contribution in [1.29, 1.82) is 0 Å². The molecular formula is C10H18Ga. The van der Waals surface area contributed by atoms with Gasteiger partial charge in [0.25, 0.3) is 0 Å². The van der Waals surface area contributed by atoms with Gasteiger partial charge in [0.15, 0.2) is 0 Å². The Kier molecular flexibility index (Phi) is 3.03. The zero-order valence-electron chi connectivity index (χ0n) is 7.39. The molecule has 0 aromatic heterocycles. The molecule has 2 fully saturated rings. The summed E-state index contributed by atoms with van der Waals surface area (Å²) < 4.78 is 2.59. The van der Waals surface area contributed by atoms with Gasteiger partial charge < -0.3 is 0 Å². The van der Waals surface area contributed by atoms with Crippen molar-refractivity contribution >= 4 is 17.4 Å². The molecule has 0 aromatic carbocycles. The molecule has 0 amide bonds. The molecule has 0 bridgehead atoms. The van der Waals surface area contributed by atoms with Gasteiger partial charge in [-0.05, 0) is 0 Å². The molecule has 2 rings (SSSR count). The Morgan fingerprint density at radius 3 is 1.36 bits per heavy atom. The summed E-state index contributed by atoms with van der Waals surface area (Å²) in [6, 6.07) is 0. The normalized spacial score (nSPS) is 28.0.